The lowest BCUT2D eigenvalue weighted by molar-refractivity contribution is 0.0965. The fourth-order valence-corrected chi connectivity index (χ4v) is 5.63. The third kappa shape index (κ3) is 4.84. The lowest BCUT2D eigenvalue weighted by Crippen LogP contribution is -2.37. The van der Waals surface area contributed by atoms with Crippen LogP contribution in [0.2, 0.25) is 0 Å². The number of piperidine rings is 1. The van der Waals surface area contributed by atoms with Gasteiger partial charge in [-0.25, -0.2) is 23.0 Å². The van der Waals surface area contributed by atoms with Crippen molar-refractivity contribution in [3.05, 3.63) is 77.5 Å². The molecule has 0 bridgehead atoms. The molecule has 2 aromatic carbocycles. The van der Waals surface area contributed by atoms with Gasteiger partial charge in [-0.2, -0.15) is 0 Å². The predicted molar refractivity (Wildman–Crippen MR) is 140 cm³/mol. The summed E-state index contributed by atoms with van der Waals surface area (Å²) < 4.78 is 30.6. The number of fused-ring (bicyclic) bond motifs is 1. The molecule has 36 heavy (non-hydrogen) atoms. The molecule has 5 rings (SSSR count). The minimum atomic E-state index is -3.14. The highest BCUT2D eigenvalue weighted by molar-refractivity contribution is 7.88. The van der Waals surface area contributed by atoms with Gasteiger partial charge in [0.15, 0.2) is 0 Å². The lowest BCUT2D eigenvalue weighted by atomic mass is 9.90. The summed E-state index contributed by atoms with van der Waals surface area (Å²) in [6.45, 7) is 1.07. The summed E-state index contributed by atoms with van der Waals surface area (Å²) in [6, 6.07) is 17.5. The number of carbonyl (C=O) groups is 1. The number of rotatable bonds is 6. The fraction of sp³-hybridized carbons (Fsp3) is 0.259. The molecule has 0 unspecified atom stereocenters. The van der Waals surface area contributed by atoms with Gasteiger partial charge < -0.3 is 10.1 Å². The largest absolute Gasteiger partial charge is 0.496 e. The van der Waals surface area contributed by atoms with Crippen molar-refractivity contribution in [3.8, 4) is 17.0 Å². The summed E-state index contributed by atoms with van der Waals surface area (Å²) in [5, 5.41) is 7.25. The van der Waals surface area contributed by atoms with Gasteiger partial charge in [0, 0.05) is 30.5 Å². The lowest BCUT2D eigenvalue weighted by Gasteiger charge is -2.30. The van der Waals surface area contributed by atoms with E-state index in [1.807, 2.05) is 54.6 Å². The van der Waals surface area contributed by atoms with Crippen molar-refractivity contribution < 1.29 is 17.9 Å². The molecule has 1 radical (unpaired) electrons. The molecule has 0 atom stereocenters. The molecule has 0 aliphatic carbocycles. The van der Waals surface area contributed by atoms with E-state index in [2.05, 4.69) is 10.6 Å². The Morgan fingerprint density at radius 2 is 1.78 bits per heavy atom. The molecule has 9 heteroatoms. The Hall–Kier alpha value is -3.69. The molecule has 8 nitrogen and oxygen atoms in total. The van der Waals surface area contributed by atoms with Crippen molar-refractivity contribution in [2.24, 2.45) is 0 Å². The van der Waals surface area contributed by atoms with E-state index in [0.717, 1.165) is 29.7 Å². The van der Waals surface area contributed by atoms with Crippen LogP contribution in [0.15, 0.2) is 60.8 Å². The Labute approximate surface area is 211 Å². The number of nitrogens with one attached hydrogen (secondary N) is 1. The van der Waals surface area contributed by atoms with Gasteiger partial charge in [-0.1, -0.05) is 24.3 Å². The first kappa shape index (κ1) is 24.0. The summed E-state index contributed by atoms with van der Waals surface area (Å²) in [5.74, 6) is 1.09. The van der Waals surface area contributed by atoms with Crippen LogP contribution in [0.1, 0.15) is 40.2 Å². The van der Waals surface area contributed by atoms with Gasteiger partial charge in [0.25, 0.3) is 5.91 Å². The van der Waals surface area contributed by atoms with Crippen LogP contribution in [0.5, 0.6) is 5.75 Å². The molecule has 3 aromatic rings. The number of aromatic nitrogens is 1. The number of carbonyl (C=O) groups excluding carboxylic acids is 1. The zero-order valence-electron chi connectivity index (χ0n) is 20.1. The average molecular weight is 504 g/mol. The van der Waals surface area contributed by atoms with Crippen molar-refractivity contribution >= 4 is 33.5 Å². The highest BCUT2D eigenvalue weighted by Crippen LogP contribution is 2.35. The van der Waals surface area contributed by atoms with Gasteiger partial charge in [-0.3, -0.25) is 4.79 Å². The molecule has 2 aliphatic rings. The molecule has 1 amide bonds. The Morgan fingerprint density at radius 3 is 2.47 bits per heavy atom. The second-order valence-electron chi connectivity index (χ2n) is 8.95. The maximum Gasteiger partial charge on any atom is 0.281 e. The first-order valence-electron chi connectivity index (χ1n) is 11.8. The van der Waals surface area contributed by atoms with Crippen LogP contribution in [0.3, 0.4) is 0 Å². The highest BCUT2D eigenvalue weighted by Gasteiger charge is 2.26. The molecule has 1 saturated heterocycles. The quantitative estimate of drug-likeness (QED) is 0.536. The summed E-state index contributed by atoms with van der Waals surface area (Å²) in [4.78, 5) is 17.4. The van der Waals surface area contributed by atoms with E-state index >= 15 is 0 Å². The molecule has 3 heterocycles. The van der Waals surface area contributed by atoms with E-state index in [-0.39, 0.29) is 5.91 Å². The van der Waals surface area contributed by atoms with Gasteiger partial charge in [0.1, 0.15) is 11.6 Å². The molecule has 0 spiro atoms. The standard InChI is InChI=1S/C27H27N4O4S/c1-35-24-6-4-3-5-22(24)23-17-20-11-14-28-27(32)25(20)26(30-23)29-21-9-7-18(8-10-21)19-12-15-31(16-13-19)36(2,33)34/h3-11,14,17,19H,12-13,15-16H2,1-2H3,(H,29,30). The molecule has 1 fully saturated rings. The van der Waals surface area contributed by atoms with Crippen molar-refractivity contribution in [1.29, 1.82) is 0 Å². The van der Waals surface area contributed by atoms with Gasteiger partial charge in [0.2, 0.25) is 10.0 Å². The van der Waals surface area contributed by atoms with Crippen LogP contribution in [0.4, 0.5) is 11.5 Å². The second kappa shape index (κ2) is 9.75. The third-order valence-corrected chi connectivity index (χ3v) is 7.96. The first-order chi connectivity index (χ1) is 17.3. The number of nitrogens with zero attached hydrogens (tertiary/aromatic N) is 3. The SMILES string of the molecule is COc1ccccc1-c1cc2c(c(Nc3ccc(C4CCN(S(C)(=O)=O)CC4)cc3)n1)C(=O)[N]C=C2. The van der Waals surface area contributed by atoms with Gasteiger partial charge >= 0.3 is 0 Å². The number of sulfonamides is 1. The number of para-hydroxylation sites is 1. The van der Waals surface area contributed by atoms with Crippen molar-refractivity contribution in [2.75, 3.05) is 31.8 Å². The molecule has 0 saturated carbocycles. The molecule has 1 N–H and O–H groups in total. The summed E-state index contributed by atoms with van der Waals surface area (Å²) in [5.41, 5.74) is 4.63. The van der Waals surface area contributed by atoms with E-state index in [0.29, 0.717) is 41.8 Å². The summed E-state index contributed by atoms with van der Waals surface area (Å²) >= 11 is 0. The smallest absolute Gasteiger partial charge is 0.281 e. The van der Waals surface area contributed by atoms with E-state index in [1.165, 1.54) is 18.0 Å². The molecule has 185 valence electrons. The van der Waals surface area contributed by atoms with Crippen LogP contribution >= 0.6 is 0 Å². The third-order valence-electron chi connectivity index (χ3n) is 6.66. The van der Waals surface area contributed by atoms with Crippen molar-refractivity contribution in [2.45, 2.75) is 18.8 Å². The van der Waals surface area contributed by atoms with E-state index < -0.39 is 10.0 Å². The van der Waals surface area contributed by atoms with Gasteiger partial charge in [0.05, 0.1) is 24.6 Å². The topological polar surface area (TPSA) is 103 Å². The molecular weight excluding hydrogens is 476 g/mol. The van der Waals surface area contributed by atoms with E-state index in [4.69, 9.17) is 9.72 Å². The molecule has 1 aromatic heterocycles. The number of anilines is 2. The van der Waals surface area contributed by atoms with Gasteiger partial charge in [-0.05, 0) is 66.3 Å². The van der Waals surface area contributed by atoms with Crippen LogP contribution < -0.4 is 15.4 Å². The maximum atomic E-state index is 12.7. The number of methoxy groups -OCH3 is 1. The van der Waals surface area contributed by atoms with Crippen LogP contribution in [-0.2, 0) is 10.0 Å². The van der Waals surface area contributed by atoms with E-state index in [9.17, 15) is 13.2 Å². The average Bonchev–Trinajstić information content (AvgIpc) is 2.88. The Balaban J connectivity index is 1.42. The second-order valence-corrected chi connectivity index (χ2v) is 10.9. The zero-order valence-corrected chi connectivity index (χ0v) is 21.0. The Morgan fingerprint density at radius 1 is 1.06 bits per heavy atom. The van der Waals surface area contributed by atoms with E-state index in [1.54, 1.807) is 17.5 Å². The van der Waals surface area contributed by atoms with Crippen molar-refractivity contribution in [3.63, 3.8) is 0 Å². The van der Waals surface area contributed by atoms with Crippen LogP contribution in [0, 0.1) is 0 Å². The monoisotopic (exact) mass is 503 g/mol. The molecule has 2 aliphatic heterocycles. The normalized spacial score (nSPS) is 16.3. The number of hydrogen-bond donors (Lipinski definition) is 1. The highest BCUT2D eigenvalue weighted by atomic mass is 32.2. The Bertz CT molecular complexity index is 1430. The first-order valence-corrected chi connectivity index (χ1v) is 13.6. The fourth-order valence-electron chi connectivity index (χ4n) is 4.75. The number of pyridine rings is 1. The van der Waals surface area contributed by atoms with Crippen LogP contribution in [-0.4, -0.2) is 50.1 Å². The zero-order chi connectivity index (χ0) is 25.3. The minimum Gasteiger partial charge on any atom is -0.496 e. The number of ether oxygens (including phenoxy) is 1. The van der Waals surface area contributed by atoms with Gasteiger partial charge in [-0.15, -0.1) is 0 Å². The number of benzene rings is 2. The maximum absolute atomic E-state index is 12.7. The Kier molecular flexibility index (Phi) is 6.51. The minimum absolute atomic E-state index is 0.308. The number of hydrogen-bond acceptors (Lipinski definition) is 6. The number of amides is 1. The molecular formula is C27H27N4O4S. The summed E-state index contributed by atoms with van der Waals surface area (Å²) in [6.07, 6.45) is 6.15. The van der Waals surface area contributed by atoms with Crippen LogP contribution in [0.25, 0.3) is 17.3 Å². The van der Waals surface area contributed by atoms with Crippen molar-refractivity contribution in [1.82, 2.24) is 14.6 Å². The predicted octanol–water partition coefficient (Wildman–Crippen LogP) is 4.37. The summed E-state index contributed by atoms with van der Waals surface area (Å²) in [7, 11) is -1.53.